The molecule has 3 fully saturated rings. The van der Waals surface area contributed by atoms with Crippen LogP contribution in [-0.2, 0) is 9.53 Å². The van der Waals surface area contributed by atoms with E-state index in [1.807, 2.05) is 18.2 Å². The lowest BCUT2D eigenvalue weighted by atomic mass is 9.80. The van der Waals surface area contributed by atoms with Gasteiger partial charge in [-0.15, -0.1) is 0 Å². The molecular formula is C20H25FN2O3. The molecule has 0 unspecified atom stereocenters. The molecule has 1 heterocycles. The van der Waals surface area contributed by atoms with Crippen molar-refractivity contribution in [2.24, 2.45) is 5.92 Å². The summed E-state index contributed by atoms with van der Waals surface area (Å²) in [7, 11) is 0. The number of nitrogens with one attached hydrogen (secondary N) is 1. The third-order valence-corrected chi connectivity index (χ3v) is 6.07. The summed E-state index contributed by atoms with van der Waals surface area (Å²) in [5, 5.41) is 2.97. The van der Waals surface area contributed by atoms with Crippen LogP contribution in [0.3, 0.4) is 0 Å². The molecule has 2 saturated carbocycles. The number of ether oxygens (including phenoxy) is 1. The topological polar surface area (TPSA) is 58.6 Å². The number of nitrogens with zero attached hydrogens (tertiary/aromatic N) is 1. The number of benzene rings is 1. The lowest BCUT2D eigenvalue weighted by molar-refractivity contribution is -0.163. The molecule has 1 aromatic carbocycles. The normalized spacial score (nSPS) is 29.6. The van der Waals surface area contributed by atoms with Crippen LogP contribution in [0.1, 0.15) is 42.5 Å². The third kappa shape index (κ3) is 3.11. The van der Waals surface area contributed by atoms with Gasteiger partial charge in [-0.2, -0.15) is 0 Å². The number of alkyl halides is 1. The Bertz CT molecular complexity index is 677. The van der Waals surface area contributed by atoms with Crippen molar-refractivity contribution in [3.63, 3.8) is 0 Å². The minimum atomic E-state index is -1.65. The number of carbonyl (C=O) groups excluding carboxylic acids is 2. The maximum atomic E-state index is 14.6. The van der Waals surface area contributed by atoms with E-state index in [1.54, 1.807) is 17.0 Å². The Labute approximate surface area is 152 Å². The van der Waals surface area contributed by atoms with Crippen LogP contribution >= 0.6 is 0 Å². The van der Waals surface area contributed by atoms with E-state index in [4.69, 9.17) is 4.74 Å². The number of amides is 2. The molecule has 1 saturated heterocycles. The number of fused-ring (bicyclic) bond motifs is 1. The standard InChI is InChI=1S/C20H25FN2O3/c21-20(9-4-10-20)19(25)23-11-12-26-17-15(7-8-16(17)23)13-22-18(24)14-5-2-1-3-6-14/h1-3,5-6,15-17H,4,7-13H2,(H,22,24)/t15-,16+,17+/m0/s1. The SMILES string of the molecule is O=C(NC[C@@H]1CC[C@@H]2[C@@H]1OCCN2C(=O)C1(F)CCC1)c1ccccc1. The monoisotopic (exact) mass is 360 g/mol. The van der Waals surface area contributed by atoms with Gasteiger partial charge in [0, 0.05) is 24.6 Å². The summed E-state index contributed by atoms with van der Waals surface area (Å²) in [6.45, 7) is 1.42. The van der Waals surface area contributed by atoms with Gasteiger partial charge in [0.05, 0.1) is 18.8 Å². The molecule has 3 aliphatic rings. The Morgan fingerprint density at radius 3 is 2.69 bits per heavy atom. The van der Waals surface area contributed by atoms with Gasteiger partial charge >= 0.3 is 0 Å². The molecular weight excluding hydrogens is 335 g/mol. The Morgan fingerprint density at radius 1 is 1.23 bits per heavy atom. The summed E-state index contributed by atoms with van der Waals surface area (Å²) in [5.74, 6) is -0.300. The van der Waals surface area contributed by atoms with Gasteiger partial charge in [0.25, 0.3) is 11.8 Å². The lowest BCUT2D eigenvalue weighted by Gasteiger charge is -2.44. The predicted molar refractivity (Wildman–Crippen MR) is 94.4 cm³/mol. The number of halogens is 1. The van der Waals surface area contributed by atoms with E-state index in [1.165, 1.54) is 0 Å². The highest BCUT2D eigenvalue weighted by molar-refractivity contribution is 5.94. The first kappa shape index (κ1) is 17.5. The second-order valence-electron chi connectivity index (χ2n) is 7.63. The van der Waals surface area contributed by atoms with Gasteiger partial charge in [0.15, 0.2) is 5.67 Å². The minimum Gasteiger partial charge on any atom is -0.374 e. The number of hydrogen-bond acceptors (Lipinski definition) is 3. The second-order valence-corrected chi connectivity index (χ2v) is 7.63. The maximum Gasteiger partial charge on any atom is 0.260 e. The van der Waals surface area contributed by atoms with Crippen LogP contribution in [-0.4, -0.2) is 54.2 Å². The smallest absolute Gasteiger partial charge is 0.260 e. The molecule has 1 aromatic rings. The van der Waals surface area contributed by atoms with E-state index < -0.39 is 5.67 Å². The molecule has 2 amide bonds. The van der Waals surface area contributed by atoms with Crippen molar-refractivity contribution in [3.05, 3.63) is 35.9 Å². The zero-order valence-electron chi connectivity index (χ0n) is 14.8. The summed E-state index contributed by atoms with van der Waals surface area (Å²) < 4.78 is 20.5. The molecule has 0 aromatic heterocycles. The predicted octanol–water partition coefficient (Wildman–Crippen LogP) is 2.31. The Hall–Kier alpha value is -1.95. The fraction of sp³-hybridized carbons (Fsp3) is 0.600. The highest BCUT2D eigenvalue weighted by atomic mass is 19.1. The van der Waals surface area contributed by atoms with Crippen molar-refractivity contribution in [2.75, 3.05) is 19.7 Å². The zero-order valence-corrected chi connectivity index (χ0v) is 14.8. The lowest BCUT2D eigenvalue weighted by Crippen LogP contribution is -2.59. The number of rotatable bonds is 4. The molecule has 0 spiro atoms. The summed E-state index contributed by atoms with van der Waals surface area (Å²) in [6, 6.07) is 9.04. The highest BCUT2D eigenvalue weighted by Gasteiger charge is 2.52. The first-order valence-electron chi connectivity index (χ1n) is 9.53. The summed E-state index contributed by atoms with van der Waals surface area (Å²) in [5.41, 5.74) is -1.02. The fourth-order valence-electron chi connectivity index (χ4n) is 4.41. The summed E-state index contributed by atoms with van der Waals surface area (Å²) in [6.07, 6.45) is 3.03. The van der Waals surface area contributed by atoms with Crippen molar-refractivity contribution < 1.29 is 18.7 Å². The van der Waals surface area contributed by atoms with Crippen LogP contribution in [0.4, 0.5) is 4.39 Å². The van der Waals surface area contributed by atoms with E-state index in [9.17, 15) is 14.0 Å². The number of morpholine rings is 1. The van der Waals surface area contributed by atoms with E-state index in [2.05, 4.69) is 5.32 Å². The van der Waals surface area contributed by atoms with Gasteiger partial charge in [0.1, 0.15) is 0 Å². The van der Waals surface area contributed by atoms with Gasteiger partial charge in [-0.1, -0.05) is 18.2 Å². The molecule has 26 heavy (non-hydrogen) atoms. The van der Waals surface area contributed by atoms with Crippen LogP contribution < -0.4 is 5.32 Å². The van der Waals surface area contributed by atoms with Gasteiger partial charge in [-0.25, -0.2) is 4.39 Å². The fourth-order valence-corrected chi connectivity index (χ4v) is 4.41. The van der Waals surface area contributed by atoms with Crippen molar-refractivity contribution in [2.45, 2.75) is 49.9 Å². The molecule has 3 atom stereocenters. The molecule has 6 heteroatoms. The Balaban J connectivity index is 1.37. The van der Waals surface area contributed by atoms with E-state index in [0.29, 0.717) is 38.1 Å². The first-order valence-corrected chi connectivity index (χ1v) is 9.53. The van der Waals surface area contributed by atoms with Crippen molar-refractivity contribution >= 4 is 11.8 Å². The second kappa shape index (κ2) is 6.99. The van der Waals surface area contributed by atoms with Crippen LogP contribution in [0.15, 0.2) is 30.3 Å². The Kier molecular flexibility index (Phi) is 4.69. The molecule has 0 bridgehead atoms. The van der Waals surface area contributed by atoms with Crippen molar-refractivity contribution in [1.82, 2.24) is 10.2 Å². The third-order valence-electron chi connectivity index (χ3n) is 6.07. The highest BCUT2D eigenvalue weighted by Crippen LogP contribution is 2.41. The van der Waals surface area contributed by atoms with E-state index in [-0.39, 0.29) is 29.9 Å². The zero-order chi connectivity index (χ0) is 18.1. The maximum absolute atomic E-state index is 14.6. The quantitative estimate of drug-likeness (QED) is 0.896. The molecule has 140 valence electrons. The van der Waals surface area contributed by atoms with Crippen molar-refractivity contribution in [3.8, 4) is 0 Å². The van der Waals surface area contributed by atoms with E-state index >= 15 is 0 Å². The number of carbonyl (C=O) groups is 2. The van der Waals surface area contributed by atoms with Crippen LogP contribution in [0.25, 0.3) is 0 Å². The van der Waals surface area contributed by atoms with Crippen LogP contribution in [0.5, 0.6) is 0 Å². The largest absolute Gasteiger partial charge is 0.374 e. The molecule has 1 aliphatic heterocycles. The first-order chi connectivity index (χ1) is 12.6. The Morgan fingerprint density at radius 2 is 2.00 bits per heavy atom. The van der Waals surface area contributed by atoms with Crippen LogP contribution in [0, 0.1) is 5.92 Å². The summed E-state index contributed by atoms with van der Waals surface area (Å²) >= 11 is 0. The molecule has 4 rings (SSSR count). The summed E-state index contributed by atoms with van der Waals surface area (Å²) in [4.78, 5) is 26.6. The molecule has 1 N–H and O–H groups in total. The minimum absolute atomic E-state index is 0.0666. The van der Waals surface area contributed by atoms with Gasteiger partial charge in [-0.05, 0) is 44.2 Å². The number of hydrogen-bond donors (Lipinski definition) is 1. The van der Waals surface area contributed by atoms with E-state index in [0.717, 1.165) is 19.3 Å². The average molecular weight is 360 g/mol. The van der Waals surface area contributed by atoms with Gasteiger partial charge < -0.3 is 15.0 Å². The molecule has 5 nitrogen and oxygen atoms in total. The molecule has 2 aliphatic carbocycles. The van der Waals surface area contributed by atoms with Crippen molar-refractivity contribution in [1.29, 1.82) is 0 Å². The molecule has 0 radical (unpaired) electrons. The van der Waals surface area contributed by atoms with Crippen LogP contribution in [0.2, 0.25) is 0 Å². The van der Waals surface area contributed by atoms with Gasteiger partial charge in [0.2, 0.25) is 0 Å². The van der Waals surface area contributed by atoms with Gasteiger partial charge in [-0.3, -0.25) is 9.59 Å². The average Bonchev–Trinajstić information content (AvgIpc) is 3.07.